The topological polar surface area (TPSA) is 101 Å². The molecule has 0 saturated carbocycles. The summed E-state index contributed by atoms with van der Waals surface area (Å²) in [6, 6.07) is 15.9. The van der Waals surface area contributed by atoms with E-state index in [0.717, 1.165) is 5.56 Å². The summed E-state index contributed by atoms with van der Waals surface area (Å²) in [5, 5.41) is 12.1. The van der Waals surface area contributed by atoms with Crippen LogP contribution in [-0.4, -0.2) is 49.0 Å². The van der Waals surface area contributed by atoms with E-state index < -0.39 is 15.9 Å². The van der Waals surface area contributed by atoms with Crippen LogP contribution in [0.2, 0.25) is 0 Å². The average molecular weight is 459 g/mol. The van der Waals surface area contributed by atoms with Crippen LogP contribution in [0.4, 0.5) is 5.13 Å². The van der Waals surface area contributed by atoms with Gasteiger partial charge in [0.25, 0.3) is 0 Å². The van der Waals surface area contributed by atoms with E-state index in [0.29, 0.717) is 35.3 Å². The Balaban J connectivity index is 1.43. The number of methoxy groups -OCH3 is 1. The van der Waals surface area contributed by atoms with Crippen LogP contribution < -0.4 is 10.1 Å². The normalized spacial score (nSPS) is 17.3. The number of anilines is 1. The molecular weight excluding hydrogens is 436 g/mol. The van der Waals surface area contributed by atoms with Crippen LogP contribution in [0.25, 0.3) is 10.6 Å². The van der Waals surface area contributed by atoms with Gasteiger partial charge in [-0.15, -0.1) is 10.2 Å². The van der Waals surface area contributed by atoms with Gasteiger partial charge in [0, 0.05) is 18.7 Å². The molecule has 1 saturated heterocycles. The van der Waals surface area contributed by atoms with Crippen LogP contribution in [0, 0.1) is 5.92 Å². The minimum atomic E-state index is -3.69. The van der Waals surface area contributed by atoms with Crippen LogP contribution in [0.1, 0.15) is 12.8 Å². The van der Waals surface area contributed by atoms with Crippen molar-refractivity contribution in [3.63, 3.8) is 0 Å². The molecule has 1 atom stereocenters. The zero-order valence-electron chi connectivity index (χ0n) is 16.9. The van der Waals surface area contributed by atoms with Gasteiger partial charge in [-0.3, -0.25) is 4.79 Å². The van der Waals surface area contributed by atoms with E-state index >= 15 is 0 Å². The SMILES string of the molecule is COc1ccc(S(=O)(=O)N2CCC[C@H](C(=O)Nc3nnc(-c4ccccc4)s3)C2)cc1. The van der Waals surface area contributed by atoms with Gasteiger partial charge in [0.2, 0.25) is 21.1 Å². The first kappa shape index (κ1) is 21.4. The molecule has 1 aliphatic rings. The Morgan fingerprint density at radius 3 is 2.58 bits per heavy atom. The van der Waals surface area contributed by atoms with Gasteiger partial charge in [-0.25, -0.2) is 8.42 Å². The Morgan fingerprint density at radius 2 is 1.87 bits per heavy atom. The van der Waals surface area contributed by atoms with E-state index in [2.05, 4.69) is 15.5 Å². The highest BCUT2D eigenvalue weighted by molar-refractivity contribution is 7.89. The summed E-state index contributed by atoms with van der Waals surface area (Å²) in [6.07, 6.45) is 1.23. The Hall–Kier alpha value is -2.82. The first-order valence-electron chi connectivity index (χ1n) is 9.81. The molecule has 1 N–H and O–H groups in total. The fourth-order valence-electron chi connectivity index (χ4n) is 3.45. The highest BCUT2D eigenvalue weighted by atomic mass is 32.2. The van der Waals surface area contributed by atoms with Gasteiger partial charge in [-0.05, 0) is 37.1 Å². The predicted octanol–water partition coefficient (Wildman–Crippen LogP) is 3.25. The van der Waals surface area contributed by atoms with Gasteiger partial charge in [0.1, 0.15) is 10.8 Å². The summed E-state index contributed by atoms with van der Waals surface area (Å²) in [5.74, 6) is -0.113. The molecule has 0 unspecified atom stereocenters. The molecule has 0 radical (unpaired) electrons. The van der Waals surface area contributed by atoms with Crippen molar-refractivity contribution in [1.29, 1.82) is 0 Å². The first-order valence-corrected chi connectivity index (χ1v) is 12.1. The highest BCUT2D eigenvalue weighted by Gasteiger charge is 2.33. The molecule has 4 rings (SSSR count). The van der Waals surface area contributed by atoms with Crippen molar-refractivity contribution >= 4 is 32.4 Å². The smallest absolute Gasteiger partial charge is 0.243 e. The summed E-state index contributed by atoms with van der Waals surface area (Å²) in [7, 11) is -2.16. The van der Waals surface area contributed by atoms with Crippen LogP contribution in [0.5, 0.6) is 5.75 Å². The minimum Gasteiger partial charge on any atom is -0.497 e. The van der Waals surface area contributed by atoms with E-state index in [9.17, 15) is 13.2 Å². The molecule has 0 spiro atoms. The molecule has 8 nitrogen and oxygen atoms in total. The average Bonchev–Trinajstić information content (AvgIpc) is 3.28. The Morgan fingerprint density at radius 1 is 1.13 bits per heavy atom. The molecular formula is C21H22N4O4S2. The molecule has 31 heavy (non-hydrogen) atoms. The van der Waals surface area contributed by atoms with Crippen molar-refractivity contribution in [2.24, 2.45) is 5.92 Å². The monoisotopic (exact) mass is 458 g/mol. The standard InChI is InChI=1S/C21H22N4O4S2/c1-29-17-9-11-18(12-10-17)31(27,28)25-13-5-8-16(14-25)19(26)22-21-24-23-20(30-21)15-6-3-2-4-7-15/h2-4,6-7,9-12,16H,5,8,13-14H2,1H3,(H,22,24,26)/t16-/m0/s1. The third-order valence-electron chi connectivity index (χ3n) is 5.13. The van der Waals surface area contributed by atoms with Gasteiger partial charge in [-0.2, -0.15) is 4.31 Å². The van der Waals surface area contributed by atoms with E-state index in [1.807, 2.05) is 30.3 Å². The maximum Gasteiger partial charge on any atom is 0.243 e. The number of carbonyl (C=O) groups excluding carboxylic acids is 1. The Kier molecular flexibility index (Phi) is 6.30. The lowest BCUT2D eigenvalue weighted by atomic mass is 9.99. The second-order valence-electron chi connectivity index (χ2n) is 7.15. The van der Waals surface area contributed by atoms with Gasteiger partial charge in [0.15, 0.2) is 0 Å². The number of sulfonamides is 1. The van der Waals surface area contributed by atoms with Gasteiger partial charge >= 0.3 is 0 Å². The molecule has 10 heteroatoms. The van der Waals surface area contributed by atoms with Crippen molar-refractivity contribution in [3.8, 4) is 16.3 Å². The van der Waals surface area contributed by atoms with Crippen LogP contribution in [0.15, 0.2) is 59.5 Å². The molecule has 0 aliphatic carbocycles. The van der Waals surface area contributed by atoms with Crippen molar-refractivity contribution in [2.45, 2.75) is 17.7 Å². The van der Waals surface area contributed by atoms with Gasteiger partial charge < -0.3 is 10.1 Å². The van der Waals surface area contributed by atoms with Gasteiger partial charge in [-0.1, -0.05) is 41.7 Å². The number of piperidine rings is 1. The van der Waals surface area contributed by atoms with Crippen LogP contribution in [-0.2, 0) is 14.8 Å². The fourth-order valence-corrected chi connectivity index (χ4v) is 5.73. The zero-order valence-corrected chi connectivity index (χ0v) is 18.5. The highest BCUT2D eigenvalue weighted by Crippen LogP contribution is 2.28. The van der Waals surface area contributed by atoms with Crippen LogP contribution >= 0.6 is 11.3 Å². The second kappa shape index (κ2) is 9.13. The summed E-state index contributed by atoms with van der Waals surface area (Å²) in [6.45, 7) is 0.514. The van der Waals surface area contributed by atoms with Gasteiger partial charge in [0.05, 0.1) is 17.9 Å². The first-order chi connectivity index (χ1) is 15.0. The molecule has 162 valence electrons. The molecule has 1 amide bonds. The van der Waals surface area contributed by atoms with Crippen molar-refractivity contribution < 1.29 is 17.9 Å². The molecule has 3 aromatic rings. The lowest BCUT2D eigenvalue weighted by molar-refractivity contribution is -0.120. The van der Waals surface area contributed by atoms with E-state index in [1.54, 1.807) is 12.1 Å². The van der Waals surface area contributed by atoms with E-state index in [-0.39, 0.29) is 17.3 Å². The fraction of sp³-hybridized carbons (Fsp3) is 0.286. The van der Waals surface area contributed by atoms with E-state index in [1.165, 1.54) is 34.9 Å². The molecule has 2 heterocycles. The maximum absolute atomic E-state index is 13.0. The largest absolute Gasteiger partial charge is 0.497 e. The molecule has 1 fully saturated rings. The number of nitrogens with zero attached hydrogens (tertiary/aromatic N) is 3. The van der Waals surface area contributed by atoms with Crippen LogP contribution in [0.3, 0.4) is 0 Å². The molecule has 1 aliphatic heterocycles. The maximum atomic E-state index is 13.0. The Bertz CT molecular complexity index is 1150. The number of hydrogen-bond donors (Lipinski definition) is 1. The number of carbonyl (C=O) groups is 1. The predicted molar refractivity (Wildman–Crippen MR) is 118 cm³/mol. The number of nitrogens with one attached hydrogen (secondary N) is 1. The third kappa shape index (κ3) is 4.76. The molecule has 1 aromatic heterocycles. The quantitative estimate of drug-likeness (QED) is 0.608. The number of amides is 1. The molecule has 2 aromatic carbocycles. The van der Waals surface area contributed by atoms with Crippen molar-refractivity contribution in [1.82, 2.24) is 14.5 Å². The number of rotatable bonds is 6. The summed E-state index contributed by atoms with van der Waals surface area (Å²) in [4.78, 5) is 13.0. The Labute approximate surface area is 184 Å². The number of ether oxygens (including phenoxy) is 1. The van der Waals surface area contributed by atoms with Crippen molar-refractivity contribution in [2.75, 3.05) is 25.5 Å². The third-order valence-corrected chi connectivity index (χ3v) is 7.90. The lowest BCUT2D eigenvalue weighted by Gasteiger charge is -2.31. The lowest BCUT2D eigenvalue weighted by Crippen LogP contribution is -2.43. The number of hydrogen-bond acceptors (Lipinski definition) is 7. The summed E-state index contributed by atoms with van der Waals surface area (Å²) in [5.41, 5.74) is 0.926. The number of benzene rings is 2. The minimum absolute atomic E-state index is 0.130. The second-order valence-corrected chi connectivity index (χ2v) is 10.1. The summed E-state index contributed by atoms with van der Waals surface area (Å²) >= 11 is 1.29. The summed E-state index contributed by atoms with van der Waals surface area (Å²) < 4.78 is 32.5. The zero-order chi connectivity index (χ0) is 21.8. The van der Waals surface area contributed by atoms with Crippen molar-refractivity contribution in [3.05, 3.63) is 54.6 Å². The number of aromatic nitrogens is 2. The van der Waals surface area contributed by atoms with E-state index in [4.69, 9.17) is 4.74 Å². The molecule has 0 bridgehead atoms.